The van der Waals surface area contributed by atoms with Gasteiger partial charge >= 0.3 is 0 Å². The third-order valence-electron chi connectivity index (χ3n) is 3.49. The normalized spacial score (nSPS) is 12.5. The smallest absolute Gasteiger partial charge is 0.167 e. The van der Waals surface area contributed by atoms with Crippen LogP contribution in [0.2, 0.25) is 0 Å². The van der Waals surface area contributed by atoms with Crippen LogP contribution in [0.1, 0.15) is 49.4 Å². The molecular formula is C18H22FNO. The lowest BCUT2D eigenvalue weighted by Crippen LogP contribution is -2.08. The van der Waals surface area contributed by atoms with Crippen molar-refractivity contribution in [2.24, 2.45) is 5.73 Å². The molecule has 112 valence electrons. The predicted molar refractivity (Wildman–Crippen MR) is 84.3 cm³/mol. The summed E-state index contributed by atoms with van der Waals surface area (Å²) >= 11 is 0. The van der Waals surface area contributed by atoms with E-state index < -0.39 is 0 Å². The summed E-state index contributed by atoms with van der Waals surface area (Å²) in [5.41, 5.74) is 8.72. The molecule has 0 saturated heterocycles. The predicted octanol–water partition coefficient (Wildman–Crippen LogP) is 5.07. The fourth-order valence-corrected chi connectivity index (χ4v) is 2.31. The maximum absolute atomic E-state index is 14.1. The second-order valence-electron chi connectivity index (χ2n) is 5.74. The van der Waals surface area contributed by atoms with Gasteiger partial charge in [0.05, 0.1) is 0 Å². The van der Waals surface area contributed by atoms with Crippen LogP contribution in [0.5, 0.6) is 11.5 Å². The highest BCUT2D eigenvalue weighted by atomic mass is 19.1. The molecule has 0 spiro atoms. The Morgan fingerprint density at radius 1 is 1.05 bits per heavy atom. The van der Waals surface area contributed by atoms with E-state index in [1.807, 2.05) is 32.0 Å². The van der Waals surface area contributed by atoms with E-state index in [1.54, 1.807) is 12.1 Å². The molecule has 0 unspecified atom stereocenters. The highest BCUT2D eigenvalue weighted by Gasteiger charge is 2.16. The van der Waals surface area contributed by atoms with Gasteiger partial charge in [0.25, 0.3) is 0 Å². The van der Waals surface area contributed by atoms with Crippen LogP contribution in [0, 0.1) is 12.7 Å². The van der Waals surface area contributed by atoms with Crippen molar-refractivity contribution in [1.82, 2.24) is 0 Å². The molecule has 0 aliphatic heterocycles. The van der Waals surface area contributed by atoms with Crippen molar-refractivity contribution in [3.05, 3.63) is 58.9 Å². The zero-order valence-electron chi connectivity index (χ0n) is 13.0. The second kappa shape index (κ2) is 6.27. The Morgan fingerprint density at radius 2 is 1.76 bits per heavy atom. The number of aryl methyl sites for hydroxylation is 1. The van der Waals surface area contributed by atoms with Gasteiger partial charge < -0.3 is 10.5 Å². The first-order valence-corrected chi connectivity index (χ1v) is 7.22. The lowest BCUT2D eigenvalue weighted by molar-refractivity contribution is 0.426. The zero-order chi connectivity index (χ0) is 15.6. The Hall–Kier alpha value is -1.87. The van der Waals surface area contributed by atoms with E-state index in [2.05, 4.69) is 13.8 Å². The van der Waals surface area contributed by atoms with Crippen molar-refractivity contribution < 1.29 is 9.13 Å². The van der Waals surface area contributed by atoms with Gasteiger partial charge in [-0.2, -0.15) is 0 Å². The average molecular weight is 287 g/mol. The van der Waals surface area contributed by atoms with E-state index in [0.717, 1.165) is 11.1 Å². The van der Waals surface area contributed by atoms with E-state index in [-0.39, 0.29) is 17.6 Å². The number of hydrogen-bond acceptors (Lipinski definition) is 2. The monoisotopic (exact) mass is 287 g/mol. The van der Waals surface area contributed by atoms with Crippen LogP contribution in [0.3, 0.4) is 0 Å². The highest BCUT2D eigenvalue weighted by Crippen LogP contribution is 2.36. The van der Waals surface area contributed by atoms with Gasteiger partial charge in [-0.15, -0.1) is 0 Å². The van der Waals surface area contributed by atoms with Gasteiger partial charge in [0.1, 0.15) is 5.75 Å². The molecule has 0 amide bonds. The molecule has 21 heavy (non-hydrogen) atoms. The molecule has 0 radical (unpaired) electrons. The summed E-state index contributed by atoms with van der Waals surface area (Å²) in [4.78, 5) is 0. The molecular weight excluding hydrogens is 265 g/mol. The van der Waals surface area contributed by atoms with Gasteiger partial charge in [-0.05, 0) is 43.0 Å². The maximum Gasteiger partial charge on any atom is 0.167 e. The Bertz CT molecular complexity index is 635. The Morgan fingerprint density at radius 3 is 2.38 bits per heavy atom. The minimum Gasteiger partial charge on any atom is -0.454 e. The Kier molecular flexibility index (Phi) is 4.63. The highest BCUT2D eigenvalue weighted by molar-refractivity contribution is 5.45. The number of hydrogen-bond donors (Lipinski definition) is 1. The number of ether oxygens (including phenoxy) is 1. The molecule has 1 atom stereocenters. The molecule has 2 rings (SSSR count). The summed E-state index contributed by atoms with van der Waals surface area (Å²) in [7, 11) is 0. The fourth-order valence-electron chi connectivity index (χ4n) is 2.31. The molecule has 0 fully saturated rings. The minimum absolute atomic E-state index is 0.222. The van der Waals surface area contributed by atoms with Gasteiger partial charge in [-0.25, -0.2) is 4.39 Å². The molecule has 0 heterocycles. The van der Waals surface area contributed by atoms with Gasteiger partial charge in [0.15, 0.2) is 11.6 Å². The summed E-state index contributed by atoms with van der Waals surface area (Å²) < 4.78 is 20.1. The second-order valence-corrected chi connectivity index (χ2v) is 5.74. The van der Waals surface area contributed by atoms with Crippen LogP contribution in [0.15, 0.2) is 36.4 Å². The summed E-state index contributed by atoms with van der Waals surface area (Å²) in [5.74, 6) is 0.823. The summed E-state index contributed by atoms with van der Waals surface area (Å²) in [6.07, 6.45) is 0. The van der Waals surface area contributed by atoms with Crippen LogP contribution in [0.4, 0.5) is 4.39 Å². The topological polar surface area (TPSA) is 35.2 Å². The Labute approximate surface area is 125 Å². The molecule has 0 aliphatic rings. The first kappa shape index (κ1) is 15.5. The third-order valence-corrected chi connectivity index (χ3v) is 3.49. The van der Waals surface area contributed by atoms with E-state index >= 15 is 0 Å². The number of nitrogens with two attached hydrogens (primary N) is 1. The largest absolute Gasteiger partial charge is 0.454 e. The standard InChI is InChI=1S/C18H22FNO/c1-11(2)14-9-8-12(3)10-17(14)21-18-15(13(4)20)6-5-7-16(18)19/h5-11,13H,20H2,1-4H3/t13-/m0/s1. The molecule has 0 saturated carbocycles. The van der Waals surface area contributed by atoms with Gasteiger partial charge in [-0.3, -0.25) is 0 Å². The van der Waals surface area contributed by atoms with Crippen molar-refractivity contribution in [3.8, 4) is 11.5 Å². The number of benzene rings is 2. The van der Waals surface area contributed by atoms with Crippen LogP contribution in [-0.2, 0) is 0 Å². The maximum atomic E-state index is 14.1. The van der Waals surface area contributed by atoms with E-state index in [1.165, 1.54) is 6.07 Å². The van der Waals surface area contributed by atoms with E-state index in [0.29, 0.717) is 17.2 Å². The van der Waals surface area contributed by atoms with Crippen LogP contribution in [0.25, 0.3) is 0 Å². The summed E-state index contributed by atoms with van der Waals surface area (Å²) in [6.45, 7) is 7.99. The lowest BCUT2D eigenvalue weighted by atomic mass is 10.0. The Balaban J connectivity index is 2.50. The summed E-state index contributed by atoms with van der Waals surface area (Å²) in [5, 5.41) is 0. The molecule has 0 bridgehead atoms. The van der Waals surface area contributed by atoms with Gasteiger partial charge in [-0.1, -0.05) is 38.1 Å². The minimum atomic E-state index is -0.388. The zero-order valence-corrected chi connectivity index (χ0v) is 13.0. The summed E-state index contributed by atoms with van der Waals surface area (Å²) in [6, 6.07) is 10.6. The first-order chi connectivity index (χ1) is 9.90. The van der Waals surface area contributed by atoms with Crippen molar-refractivity contribution in [2.45, 2.75) is 39.7 Å². The first-order valence-electron chi connectivity index (χ1n) is 7.22. The number of halogens is 1. The molecule has 2 aromatic rings. The van der Waals surface area contributed by atoms with E-state index in [9.17, 15) is 4.39 Å². The van der Waals surface area contributed by atoms with Gasteiger partial charge in [0.2, 0.25) is 0 Å². The molecule has 0 aromatic heterocycles. The van der Waals surface area contributed by atoms with Crippen LogP contribution < -0.4 is 10.5 Å². The van der Waals surface area contributed by atoms with Crippen molar-refractivity contribution >= 4 is 0 Å². The number of para-hydroxylation sites is 1. The van der Waals surface area contributed by atoms with E-state index in [4.69, 9.17) is 10.5 Å². The molecule has 2 aromatic carbocycles. The fraction of sp³-hybridized carbons (Fsp3) is 0.333. The van der Waals surface area contributed by atoms with Crippen molar-refractivity contribution in [1.29, 1.82) is 0 Å². The van der Waals surface area contributed by atoms with Crippen molar-refractivity contribution in [2.75, 3.05) is 0 Å². The average Bonchev–Trinajstić information content (AvgIpc) is 2.40. The quantitative estimate of drug-likeness (QED) is 0.852. The van der Waals surface area contributed by atoms with Crippen molar-refractivity contribution in [3.63, 3.8) is 0 Å². The van der Waals surface area contributed by atoms with Gasteiger partial charge in [0, 0.05) is 11.6 Å². The molecule has 2 N–H and O–H groups in total. The third kappa shape index (κ3) is 3.42. The number of rotatable bonds is 4. The SMILES string of the molecule is Cc1ccc(C(C)C)c(Oc2c(F)cccc2[C@H](C)N)c1. The van der Waals surface area contributed by atoms with Crippen LogP contribution >= 0.6 is 0 Å². The lowest BCUT2D eigenvalue weighted by Gasteiger charge is -2.18. The molecule has 0 aliphatic carbocycles. The molecule has 2 nitrogen and oxygen atoms in total. The molecule has 3 heteroatoms. The van der Waals surface area contributed by atoms with Crippen LogP contribution in [-0.4, -0.2) is 0 Å².